The van der Waals surface area contributed by atoms with E-state index in [1.54, 1.807) is 0 Å². The summed E-state index contributed by atoms with van der Waals surface area (Å²) >= 11 is 6.74. The lowest BCUT2D eigenvalue weighted by molar-refractivity contribution is 1.15. The third-order valence-electron chi connectivity index (χ3n) is 1.29. The summed E-state index contributed by atoms with van der Waals surface area (Å²) < 4.78 is 1.93. The highest BCUT2D eigenvalue weighted by Gasteiger charge is 2.02. The summed E-state index contributed by atoms with van der Waals surface area (Å²) in [7, 11) is 0. The molecule has 1 aromatic heterocycles. The zero-order valence-electron chi connectivity index (χ0n) is 5.70. The van der Waals surface area contributed by atoms with Crippen molar-refractivity contribution in [1.82, 2.24) is 4.98 Å². The molecule has 0 spiro atoms. The highest BCUT2D eigenvalue weighted by atomic mass is 79.9. The smallest absolute Gasteiger partial charge is 0.110 e. The zero-order chi connectivity index (χ0) is 7.72. The van der Waals surface area contributed by atoms with Crippen LogP contribution in [0.3, 0.4) is 0 Å². The van der Waals surface area contributed by atoms with Crippen LogP contribution in [0.15, 0.2) is 9.08 Å². The van der Waals surface area contributed by atoms with E-state index in [9.17, 15) is 0 Å². The number of hydrogen-bond acceptors (Lipinski definition) is 1. The number of halogens is 2. The lowest BCUT2D eigenvalue weighted by Gasteiger charge is -2.01. The van der Waals surface area contributed by atoms with Crippen LogP contribution in [0.2, 0.25) is 0 Å². The third kappa shape index (κ3) is 1.40. The molecule has 0 bridgehead atoms. The van der Waals surface area contributed by atoms with Crippen molar-refractivity contribution >= 4 is 31.9 Å². The van der Waals surface area contributed by atoms with E-state index in [0.29, 0.717) is 0 Å². The second kappa shape index (κ2) is 3.01. The average molecular weight is 264 g/mol. The van der Waals surface area contributed by atoms with E-state index in [-0.39, 0.29) is 0 Å². The van der Waals surface area contributed by atoms with Gasteiger partial charge in [0.25, 0.3) is 0 Å². The number of aromatic nitrogens is 1. The van der Waals surface area contributed by atoms with Gasteiger partial charge in [-0.25, -0.2) is 4.98 Å². The molecule has 53 valence electrons. The molecule has 1 aromatic rings. The molecule has 0 aromatic carbocycles. The maximum absolute atomic E-state index is 4.00. The largest absolute Gasteiger partial charge is 0.239 e. The first-order valence-corrected chi connectivity index (χ1v) is 4.41. The minimum Gasteiger partial charge on any atom is -0.239 e. The molecule has 0 aliphatic rings. The van der Waals surface area contributed by atoms with Crippen LogP contribution in [-0.2, 0) is 0 Å². The van der Waals surface area contributed by atoms with E-state index in [2.05, 4.69) is 43.0 Å². The van der Waals surface area contributed by atoms with Gasteiger partial charge in [0.05, 0.1) is 6.20 Å². The van der Waals surface area contributed by atoms with E-state index in [4.69, 9.17) is 0 Å². The number of pyridine rings is 1. The highest BCUT2D eigenvalue weighted by Crippen LogP contribution is 2.24. The molecule has 1 rings (SSSR count). The molecule has 0 N–H and O–H groups in total. The summed E-state index contributed by atoms with van der Waals surface area (Å²) in [5.41, 5.74) is 2.16. The van der Waals surface area contributed by atoms with Gasteiger partial charge >= 0.3 is 0 Å². The maximum atomic E-state index is 4.00. The Morgan fingerprint density at radius 1 is 1.30 bits per heavy atom. The predicted octanol–water partition coefficient (Wildman–Crippen LogP) is 3.02. The standard InChI is InChI=1S/C7H6Br2N/c1-4-3-10-7(9)5(2)6(4)8/h1-2H3. The molecule has 0 fully saturated rings. The Kier molecular flexibility index (Phi) is 2.47. The van der Waals surface area contributed by atoms with Crippen molar-refractivity contribution in [2.45, 2.75) is 13.8 Å². The Bertz CT molecular complexity index is 231. The van der Waals surface area contributed by atoms with Crippen LogP contribution < -0.4 is 0 Å². The Morgan fingerprint density at radius 3 is 2.40 bits per heavy atom. The maximum Gasteiger partial charge on any atom is 0.110 e. The van der Waals surface area contributed by atoms with Gasteiger partial charge in [-0.05, 0) is 40.9 Å². The number of rotatable bonds is 0. The fraction of sp³-hybridized carbons (Fsp3) is 0.286. The van der Waals surface area contributed by atoms with Crippen LogP contribution in [0.25, 0.3) is 0 Å². The number of hydrogen-bond donors (Lipinski definition) is 0. The molecule has 1 radical (unpaired) electrons. The Labute approximate surface area is 77.1 Å². The van der Waals surface area contributed by atoms with Crippen molar-refractivity contribution in [3.8, 4) is 0 Å². The molecule has 0 saturated heterocycles. The van der Waals surface area contributed by atoms with E-state index < -0.39 is 0 Å². The van der Waals surface area contributed by atoms with Crippen LogP contribution in [0, 0.1) is 20.0 Å². The molecule has 0 amide bonds. The Morgan fingerprint density at radius 2 is 1.90 bits per heavy atom. The van der Waals surface area contributed by atoms with Crippen LogP contribution in [-0.4, -0.2) is 4.98 Å². The van der Waals surface area contributed by atoms with E-state index in [0.717, 1.165) is 20.2 Å². The topological polar surface area (TPSA) is 12.9 Å². The van der Waals surface area contributed by atoms with Gasteiger partial charge in [-0.15, -0.1) is 0 Å². The molecule has 10 heavy (non-hydrogen) atoms. The van der Waals surface area contributed by atoms with E-state index in [1.807, 2.05) is 13.8 Å². The Balaban J connectivity index is 3.34. The van der Waals surface area contributed by atoms with Crippen molar-refractivity contribution in [2.75, 3.05) is 0 Å². The molecule has 0 aliphatic carbocycles. The van der Waals surface area contributed by atoms with Crippen molar-refractivity contribution < 1.29 is 0 Å². The van der Waals surface area contributed by atoms with Gasteiger partial charge < -0.3 is 0 Å². The lowest BCUT2D eigenvalue weighted by Crippen LogP contribution is -1.87. The summed E-state index contributed by atoms with van der Waals surface area (Å²) in [6.45, 7) is 3.97. The van der Waals surface area contributed by atoms with Gasteiger partial charge in [0, 0.05) is 4.47 Å². The monoisotopic (exact) mass is 262 g/mol. The SMILES string of the molecule is Cc1[c]nc(Br)c(C)c1Br. The van der Waals surface area contributed by atoms with Crippen LogP contribution >= 0.6 is 31.9 Å². The molecule has 0 aliphatic heterocycles. The summed E-state index contributed by atoms with van der Waals surface area (Å²) in [4.78, 5) is 4.00. The van der Waals surface area contributed by atoms with Crippen molar-refractivity contribution in [2.24, 2.45) is 0 Å². The fourth-order valence-corrected chi connectivity index (χ4v) is 1.47. The minimum absolute atomic E-state index is 0.852. The first-order valence-electron chi connectivity index (χ1n) is 2.83. The molecule has 1 nitrogen and oxygen atoms in total. The number of nitrogens with zero attached hydrogens (tertiary/aromatic N) is 1. The Hall–Kier alpha value is 0.110. The first-order chi connectivity index (χ1) is 4.63. The van der Waals surface area contributed by atoms with Crippen molar-refractivity contribution in [3.63, 3.8) is 0 Å². The van der Waals surface area contributed by atoms with Crippen LogP contribution in [0.1, 0.15) is 11.1 Å². The van der Waals surface area contributed by atoms with Gasteiger partial charge in [-0.3, -0.25) is 0 Å². The predicted molar refractivity (Wildman–Crippen MR) is 47.9 cm³/mol. The van der Waals surface area contributed by atoms with E-state index >= 15 is 0 Å². The molecular formula is C7H6Br2N. The van der Waals surface area contributed by atoms with E-state index in [1.165, 1.54) is 0 Å². The van der Waals surface area contributed by atoms with Crippen LogP contribution in [0.4, 0.5) is 0 Å². The second-order valence-electron chi connectivity index (χ2n) is 2.08. The fourth-order valence-electron chi connectivity index (χ4n) is 0.638. The minimum atomic E-state index is 0.852. The van der Waals surface area contributed by atoms with Gasteiger partial charge in [0.2, 0.25) is 0 Å². The van der Waals surface area contributed by atoms with Crippen molar-refractivity contribution in [3.05, 3.63) is 26.4 Å². The van der Waals surface area contributed by atoms with Gasteiger partial charge in [-0.2, -0.15) is 0 Å². The zero-order valence-corrected chi connectivity index (χ0v) is 8.88. The summed E-state index contributed by atoms with van der Waals surface area (Å²) in [6.07, 6.45) is 2.86. The van der Waals surface area contributed by atoms with Gasteiger partial charge in [-0.1, -0.05) is 15.9 Å². The average Bonchev–Trinajstić information content (AvgIpc) is 1.93. The molecule has 0 atom stereocenters. The molecule has 3 heteroatoms. The summed E-state index contributed by atoms with van der Waals surface area (Å²) in [5.74, 6) is 0. The second-order valence-corrected chi connectivity index (χ2v) is 3.62. The molecule has 0 saturated carbocycles. The number of aryl methyl sites for hydroxylation is 1. The summed E-state index contributed by atoms with van der Waals surface area (Å²) in [6, 6.07) is 0. The molecular weight excluding hydrogens is 258 g/mol. The van der Waals surface area contributed by atoms with Crippen LogP contribution in [0.5, 0.6) is 0 Å². The highest BCUT2D eigenvalue weighted by molar-refractivity contribution is 9.11. The lowest BCUT2D eigenvalue weighted by atomic mass is 10.2. The normalized spacial score (nSPS) is 10.0. The molecule has 1 heterocycles. The molecule has 0 unspecified atom stereocenters. The van der Waals surface area contributed by atoms with Gasteiger partial charge in [0.15, 0.2) is 0 Å². The first kappa shape index (κ1) is 8.21. The summed E-state index contributed by atoms with van der Waals surface area (Å²) in [5, 5.41) is 0. The third-order valence-corrected chi connectivity index (χ3v) is 3.25. The quantitative estimate of drug-likeness (QED) is 0.656. The van der Waals surface area contributed by atoms with Crippen molar-refractivity contribution in [1.29, 1.82) is 0 Å². The van der Waals surface area contributed by atoms with Gasteiger partial charge in [0.1, 0.15) is 4.60 Å².